The summed E-state index contributed by atoms with van der Waals surface area (Å²) in [7, 11) is 5.45. The van der Waals surface area contributed by atoms with E-state index in [4.69, 9.17) is 9.15 Å². The van der Waals surface area contributed by atoms with Gasteiger partial charge >= 0.3 is 0 Å². The maximum Gasteiger partial charge on any atom is 0.290 e. The van der Waals surface area contributed by atoms with Crippen molar-refractivity contribution < 1.29 is 23.8 Å². The van der Waals surface area contributed by atoms with Crippen LogP contribution in [-0.4, -0.2) is 60.9 Å². The molecule has 1 aromatic heterocycles. The van der Waals surface area contributed by atoms with E-state index < -0.39 is 23.5 Å². The Balaban J connectivity index is 1.75. The molecule has 1 atom stereocenters. The molecule has 0 saturated heterocycles. The molecule has 1 aliphatic rings. The van der Waals surface area contributed by atoms with Crippen molar-refractivity contribution in [2.75, 3.05) is 34.3 Å². The van der Waals surface area contributed by atoms with Gasteiger partial charge in [0.2, 0.25) is 5.78 Å². The zero-order chi connectivity index (χ0) is 22.8. The molecule has 0 bridgehead atoms. The lowest BCUT2D eigenvalue weighted by atomic mass is 9.95. The molecule has 7 heteroatoms. The minimum atomic E-state index is -0.687. The van der Waals surface area contributed by atoms with Gasteiger partial charge in [-0.2, -0.15) is 0 Å². The van der Waals surface area contributed by atoms with Crippen LogP contribution in [-0.2, 0) is 4.79 Å². The number of methoxy groups -OCH3 is 1. The highest BCUT2D eigenvalue weighted by molar-refractivity contribution is 6.16. The number of amides is 1. The first-order valence-corrected chi connectivity index (χ1v) is 10.5. The third-order valence-electron chi connectivity index (χ3n) is 5.62. The Morgan fingerprint density at radius 1 is 1.16 bits per heavy atom. The molecule has 7 nitrogen and oxygen atoms in total. The standard InChI is InChI=1S/C25H26N2O5/c1-26(2)13-8-14-27-21(16-9-5-4-6-10-16)20(23(29)25(27)30)22(28)19-15-17-11-7-12-18(31-3)24(17)32-19/h4-7,9-12,15,21,29H,8,13-14H2,1-3H3/t21-/m0/s1. The summed E-state index contributed by atoms with van der Waals surface area (Å²) < 4.78 is 11.1. The summed E-state index contributed by atoms with van der Waals surface area (Å²) in [6.07, 6.45) is 0.707. The minimum Gasteiger partial charge on any atom is -0.503 e. The molecule has 2 heterocycles. The lowest BCUT2D eigenvalue weighted by Crippen LogP contribution is -2.33. The summed E-state index contributed by atoms with van der Waals surface area (Å²) >= 11 is 0. The van der Waals surface area contributed by atoms with Crippen molar-refractivity contribution in [3.8, 4) is 5.75 Å². The number of fused-ring (bicyclic) bond motifs is 1. The Morgan fingerprint density at radius 3 is 2.59 bits per heavy atom. The first-order valence-electron chi connectivity index (χ1n) is 10.5. The van der Waals surface area contributed by atoms with Gasteiger partial charge in [0.1, 0.15) is 0 Å². The molecular formula is C25H26N2O5. The molecule has 0 unspecified atom stereocenters. The van der Waals surface area contributed by atoms with Gasteiger partial charge in [0, 0.05) is 11.9 Å². The topological polar surface area (TPSA) is 83.2 Å². The molecule has 0 aliphatic carbocycles. The molecule has 0 saturated carbocycles. The summed E-state index contributed by atoms with van der Waals surface area (Å²) in [5, 5.41) is 11.5. The highest BCUT2D eigenvalue weighted by Gasteiger charge is 2.44. The monoisotopic (exact) mass is 434 g/mol. The number of Topliss-reactive ketones (excluding diaryl/α,β-unsaturated/α-hetero) is 1. The van der Waals surface area contributed by atoms with Gasteiger partial charge in [0.15, 0.2) is 22.9 Å². The van der Waals surface area contributed by atoms with Crippen molar-refractivity contribution in [3.05, 3.63) is 77.3 Å². The lowest BCUT2D eigenvalue weighted by molar-refractivity contribution is -0.129. The summed E-state index contributed by atoms with van der Waals surface area (Å²) in [5.41, 5.74) is 1.23. The van der Waals surface area contributed by atoms with Crippen LogP contribution >= 0.6 is 0 Å². The van der Waals surface area contributed by atoms with Crippen molar-refractivity contribution in [3.63, 3.8) is 0 Å². The molecular weight excluding hydrogens is 408 g/mol. The third kappa shape index (κ3) is 3.87. The molecule has 3 aromatic rings. The number of benzene rings is 2. The highest BCUT2D eigenvalue weighted by Crippen LogP contribution is 2.40. The van der Waals surface area contributed by atoms with Gasteiger partial charge in [-0.1, -0.05) is 42.5 Å². The number of furan rings is 1. The number of carbonyl (C=O) groups is 2. The first-order chi connectivity index (χ1) is 15.4. The Bertz CT molecular complexity index is 1180. The van der Waals surface area contributed by atoms with Crippen LogP contribution in [0.5, 0.6) is 5.75 Å². The fourth-order valence-corrected chi connectivity index (χ4v) is 4.10. The Morgan fingerprint density at radius 2 is 1.91 bits per heavy atom. The summed E-state index contributed by atoms with van der Waals surface area (Å²) in [6, 6.07) is 15.6. The van der Waals surface area contributed by atoms with Gasteiger partial charge < -0.3 is 24.1 Å². The zero-order valence-electron chi connectivity index (χ0n) is 18.4. The number of ketones is 1. The number of aliphatic hydroxyl groups is 1. The predicted molar refractivity (Wildman–Crippen MR) is 121 cm³/mol. The van der Waals surface area contributed by atoms with E-state index in [2.05, 4.69) is 0 Å². The second kappa shape index (κ2) is 8.88. The van der Waals surface area contributed by atoms with Crippen LogP contribution in [0.4, 0.5) is 0 Å². The van der Waals surface area contributed by atoms with Gasteiger partial charge in [-0.3, -0.25) is 9.59 Å². The third-order valence-corrected chi connectivity index (χ3v) is 5.62. The molecule has 0 fully saturated rings. The number of aliphatic hydroxyl groups excluding tert-OH is 1. The van der Waals surface area contributed by atoms with E-state index in [-0.39, 0.29) is 11.3 Å². The van der Waals surface area contributed by atoms with E-state index in [0.717, 1.165) is 12.1 Å². The second-order valence-electron chi connectivity index (χ2n) is 8.05. The average Bonchev–Trinajstić information content (AvgIpc) is 3.34. The molecule has 166 valence electrons. The van der Waals surface area contributed by atoms with Crippen molar-refractivity contribution in [1.82, 2.24) is 9.80 Å². The normalized spacial score (nSPS) is 16.4. The lowest BCUT2D eigenvalue weighted by Gasteiger charge is -2.27. The quantitative estimate of drug-likeness (QED) is 0.540. The molecule has 1 amide bonds. The van der Waals surface area contributed by atoms with E-state index in [1.807, 2.05) is 55.4 Å². The van der Waals surface area contributed by atoms with E-state index in [1.165, 1.54) is 7.11 Å². The maximum absolute atomic E-state index is 13.5. The molecule has 4 rings (SSSR count). The Labute approximate surface area is 186 Å². The number of ether oxygens (including phenoxy) is 1. The summed E-state index contributed by atoms with van der Waals surface area (Å²) in [6.45, 7) is 1.18. The predicted octanol–water partition coefficient (Wildman–Crippen LogP) is 3.97. The van der Waals surface area contributed by atoms with Crippen molar-refractivity contribution in [2.24, 2.45) is 0 Å². The number of hydrogen-bond acceptors (Lipinski definition) is 6. The van der Waals surface area contributed by atoms with E-state index in [0.29, 0.717) is 29.7 Å². The van der Waals surface area contributed by atoms with Crippen LogP contribution in [0.2, 0.25) is 0 Å². The van der Waals surface area contributed by atoms with Crippen LogP contribution in [0.3, 0.4) is 0 Å². The van der Waals surface area contributed by atoms with Crippen molar-refractivity contribution >= 4 is 22.7 Å². The smallest absolute Gasteiger partial charge is 0.290 e. The van der Waals surface area contributed by atoms with Crippen LogP contribution in [0.1, 0.15) is 28.6 Å². The molecule has 1 aliphatic heterocycles. The van der Waals surface area contributed by atoms with E-state index in [1.54, 1.807) is 23.1 Å². The number of para-hydroxylation sites is 1. The number of rotatable bonds is 8. The van der Waals surface area contributed by atoms with Gasteiger partial charge in [0.25, 0.3) is 5.91 Å². The fourth-order valence-electron chi connectivity index (χ4n) is 4.10. The second-order valence-corrected chi connectivity index (χ2v) is 8.05. The van der Waals surface area contributed by atoms with Gasteiger partial charge in [-0.25, -0.2) is 0 Å². The van der Waals surface area contributed by atoms with Crippen LogP contribution in [0.25, 0.3) is 11.0 Å². The molecule has 2 aromatic carbocycles. The fraction of sp³-hybridized carbons (Fsp3) is 0.280. The van der Waals surface area contributed by atoms with Crippen molar-refractivity contribution in [2.45, 2.75) is 12.5 Å². The summed E-state index contributed by atoms with van der Waals surface area (Å²) in [5.74, 6) is -1.03. The van der Waals surface area contributed by atoms with E-state index >= 15 is 0 Å². The van der Waals surface area contributed by atoms with Gasteiger partial charge in [0.05, 0.1) is 18.7 Å². The average molecular weight is 434 g/mol. The van der Waals surface area contributed by atoms with Crippen LogP contribution < -0.4 is 4.74 Å². The number of carbonyl (C=O) groups excluding carboxylic acids is 2. The van der Waals surface area contributed by atoms with Crippen LogP contribution in [0.15, 0.2) is 70.3 Å². The Hall–Kier alpha value is -3.58. The molecule has 0 spiro atoms. The van der Waals surface area contributed by atoms with Gasteiger partial charge in [-0.15, -0.1) is 0 Å². The van der Waals surface area contributed by atoms with Crippen molar-refractivity contribution in [1.29, 1.82) is 0 Å². The van der Waals surface area contributed by atoms with E-state index in [9.17, 15) is 14.7 Å². The molecule has 0 radical (unpaired) electrons. The highest BCUT2D eigenvalue weighted by atomic mass is 16.5. The summed E-state index contributed by atoms with van der Waals surface area (Å²) in [4.78, 5) is 30.1. The molecule has 1 N–H and O–H groups in total. The number of nitrogens with zero attached hydrogens (tertiary/aromatic N) is 2. The maximum atomic E-state index is 13.5. The van der Waals surface area contributed by atoms with Gasteiger partial charge in [-0.05, 0) is 44.8 Å². The number of hydrogen-bond donors (Lipinski definition) is 1. The Kier molecular flexibility index (Phi) is 6.01. The SMILES string of the molecule is COc1cccc2cc(C(=O)C3=C(O)C(=O)N(CCCN(C)C)[C@H]3c3ccccc3)oc12. The molecule has 32 heavy (non-hydrogen) atoms. The largest absolute Gasteiger partial charge is 0.503 e. The minimum absolute atomic E-state index is 0.0316. The first kappa shape index (κ1) is 21.6. The zero-order valence-corrected chi connectivity index (χ0v) is 18.4. The van der Waals surface area contributed by atoms with Crippen LogP contribution in [0, 0.1) is 0 Å².